The number of carboxylic acid groups (broad SMARTS) is 1. The second-order valence-electron chi connectivity index (χ2n) is 4.50. The highest BCUT2D eigenvalue weighted by molar-refractivity contribution is 5.89. The van der Waals surface area contributed by atoms with E-state index in [0.717, 1.165) is 12.8 Å². The van der Waals surface area contributed by atoms with Gasteiger partial charge >= 0.3 is 5.97 Å². The molecule has 0 heterocycles. The Labute approximate surface area is 89.2 Å². The van der Waals surface area contributed by atoms with Crippen LogP contribution < -0.4 is 10.6 Å². The van der Waals surface area contributed by atoms with Crippen LogP contribution in [0.25, 0.3) is 0 Å². The van der Waals surface area contributed by atoms with Crippen LogP contribution in [0.5, 0.6) is 0 Å². The van der Waals surface area contributed by atoms with Crippen LogP contribution in [0.2, 0.25) is 0 Å². The Kier molecular flexibility index (Phi) is 3.34. The highest BCUT2D eigenvalue weighted by atomic mass is 16.4. The number of carbonyl (C=O) groups is 2. The third-order valence-corrected chi connectivity index (χ3v) is 2.84. The van der Waals surface area contributed by atoms with Crippen LogP contribution in [0.15, 0.2) is 0 Å². The zero-order valence-corrected chi connectivity index (χ0v) is 9.33. The van der Waals surface area contributed by atoms with E-state index < -0.39 is 17.6 Å². The predicted molar refractivity (Wildman–Crippen MR) is 55.4 cm³/mol. The molecule has 5 heteroatoms. The first-order valence-electron chi connectivity index (χ1n) is 5.11. The Morgan fingerprint density at radius 1 is 1.40 bits per heavy atom. The van der Waals surface area contributed by atoms with E-state index in [1.165, 1.54) is 0 Å². The minimum atomic E-state index is -0.947. The maximum Gasteiger partial charge on any atom is 0.326 e. The summed E-state index contributed by atoms with van der Waals surface area (Å²) in [6.07, 6.45) is 1.77. The average molecular weight is 214 g/mol. The fourth-order valence-corrected chi connectivity index (χ4v) is 1.25. The lowest BCUT2D eigenvalue weighted by molar-refractivity contribution is -0.143. The van der Waals surface area contributed by atoms with E-state index in [2.05, 4.69) is 10.6 Å². The van der Waals surface area contributed by atoms with E-state index in [0.29, 0.717) is 0 Å². The fraction of sp³-hybridized carbons (Fsp3) is 0.800. The molecule has 0 saturated heterocycles. The van der Waals surface area contributed by atoms with Gasteiger partial charge in [-0.15, -0.1) is 0 Å². The quantitative estimate of drug-likeness (QED) is 0.600. The molecule has 1 rings (SSSR count). The average Bonchev–Trinajstić information content (AvgIpc) is 2.96. The van der Waals surface area contributed by atoms with Crippen LogP contribution in [0.3, 0.4) is 0 Å². The van der Waals surface area contributed by atoms with E-state index in [1.807, 2.05) is 0 Å². The van der Waals surface area contributed by atoms with Gasteiger partial charge in [0.2, 0.25) is 5.91 Å². The number of likely N-dealkylation sites (N-methyl/N-ethyl adjacent to an activating group) is 1. The Bertz CT molecular complexity index is 272. The molecular weight excluding hydrogens is 196 g/mol. The van der Waals surface area contributed by atoms with Crippen molar-refractivity contribution in [3.8, 4) is 0 Å². The summed E-state index contributed by atoms with van der Waals surface area (Å²) >= 11 is 0. The number of aliphatic carboxylic acids is 1. The highest BCUT2D eigenvalue weighted by Gasteiger charge is 2.39. The Hall–Kier alpha value is -1.10. The summed E-state index contributed by atoms with van der Waals surface area (Å²) in [7, 11) is 1.67. The molecule has 3 N–H and O–H groups in total. The summed E-state index contributed by atoms with van der Waals surface area (Å²) in [5.41, 5.74) is -0.734. The van der Waals surface area contributed by atoms with Gasteiger partial charge in [-0.3, -0.25) is 4.79 Å². The minimum Gasteiger partial charge on any atom is -0.480 e. The number of carbonyl (C=O) groups excluding carboxylic acids is 1. The molecule has 5 nitrogen and oxygen atoms in total. The summed E-state index contributed by atoms with van der Waals surface area (Å²) in [5, 5.41) is 14.3. The molecular formula is C10H18N2O3. The van der Waals surface area contributed by atoms with Crippen molar-refractivity contribution in [1.29, 1.82) is 0 Å². The van der Waals surface area contributed by atoms with Gasteiger partial charge in [0.25, 0.3) is 0 Å². The van der Waals surface area contributed by atoms with Gasteiger partial charge in [-0.2, -0.15) is 0 Å². The number of nitrogens with one attached hydrogen (secondary N) is 2. The van der Waals surface area contributed by atoms with Gasteiger partial charge in [0.1, 0.15) is 6.04 Å². The first kappa shape index (κ1) is 12.0. The number of hydrogen-bond donors (Lipinski definition) is 3. The lowest BCUT2D eigenvalue weighted by Crippen LogP contribution is -2.55. The summed E-state index contributed by atoms with van der Waals surface area (Å²) in [6.45, 7) is 3.43. The molecule has 1 atom stereocenters. The molecule has 1 fully saturated rings. The largest absolute Gasteiger partial charge is 0.480 e. The molecule has 15 heavy (non-hydrogen) atoms. The lowest BCUT2D eigenvalue weighted by Gasteiger charge is -2.25. The van der Waals surface area contributed by atoms with Crippen LogP contribution in [-0.2, 0) is 9.59 Å². The highest BCUT2D eigenvalue weighted by Crippen LogP contribution is 2.32. The maximum atomic E-state index is 11.7. The van der Waals surface area contributed by atoms with Crippen LogP contribution in [0.4, 0.5) is 0 Å². The van der Waals surface area contributed by atoms with Crippen molar-refractivity contribution in [2.24, 2.45) is 5.92 Å². The van der Waals surface area contributed by atoms with Gasteiger partial charge in [0.05, 0.1) is 5.54 Å². The van der Waals surface area contributed by atoms with Crippen molar-refractivity contribution in [1.82, 2.24) is 10.6 Å². The summed E-state index contributed by atoms with van der Waals surface area (Å²) in [5.74, 6) is -1.11. The van der Waals surface area contributed by atoms with Crippen LogP contribution in [0, 0.1) is 5.92 Å². The van der Waals surface area contributed by atoms with Gasteiger partial charge in [-0.25, -0.2) is 4.79 Å². The van der Waals surface area contributed by atoms with Crippen molar-refractivity contribution < 1.29 is 14.7 Å². The number of hydrogen-bond acceptors (Lipinski definition) is 3. The molecule has 1 unspecified atom stereocenters. The van der Waals surface area contributed by atoms with Crippen LogP contribution in [-0.4, -0.2) is 35.6 Å². The van der Waals surface area contributed by atoms with Gasteiger partial charge < -0.3 is 15.7 Å². The molecule has 0 spiro atoms. The van der Waals surface area contributed by atoms with E-state index in [4.69, 9.17) is 5.11 Å². The van der Waals surface area contributed by atoms with Crippen molar-refractivity contribution in [2.75, 3.05) is 7.05 Å². The molecule has 0 radical (unpaired) electrons. The molecule has 0 aliphatic heterocycles. The van der Waals surface area contributed by atoms with E-state index in [-0.39, 0.29) is 11.8 Å². The van der Waals surface area contributed by atoms with E-state index >= 15 is 0 Å². The van der Waals surface area contributed by atoms with Crippen LogP contribution >= 0.6 is 0 Å². The van der Waals surface area contributed by atoms with Gasteiger partial charge in [-0.1, -0.05) is 0 Å². The molecule has 0 bridgehead atoms. The number of carboxylic acids is 1. The van der Waals surface area contributed by atoms with Gasteiger partial charge in [0.15, 0.2) is 0 Å². The number of amides is 1. The summed E-state index contributed by atoms with van der Waals surface area (Å²) < 4.78 is 0. The first-order valence-corrected chi connectivity index (χ1v) is 5.11. The van der Waals surface area contributed by atoms with Crippen molar-refractivity contribution in [3.05, 3.63) is 0 Å². The Morgan fingerprint density at radius 2 is 1.93 bits per heavy atom. The van der Waals surface area contributed by atoms with Gasteiger partial charge in [-0.05, 0) is 39.7 Å². The monoisotopic (exact) mass is 214 g/mol. The Morgan fingerprint density at radius 3 is 2.27 bits per heavy atom. The van der Waals surface area contributed by atoms with E-state index in [9.17, 15) is 9.59 Å². The molecule has 86 valence electrons. The van der Waals surface area contributed by atoms with Crippen molar-refractivity contribution in [3.63, 3.8) is 0 Å². The smallest absolute Gasteiger partial charge is 0.326 e. The molecule has 0 aromatic carbocycles. The summed E-state index contributed by atoms with van der Waals surface area (Å²) in [4.78, 5) is 22.6. The second-order valence-corrected chi connectivity index (χ2v) is 4.50. The third kappa shape index (κ3) is 2.92. The summed E-state index contributed by atoms with van der Waals surface area (Å²) in [6, 6.07) is -0.731. The maximum absolute atomic E-state index is 11.7. The predicted octanol–water partition coefficient (Wildman–Crippen LogP) is -0.0362. The lowest BCUT2D eigenvalue weighted by atomic mass is 10.0. The molecule has 0 aromatic rings. The SMILES string of the molecule is CNC(C)(C)C(=O)NC(C(=O)O)C1CC1. The molecule has 0 aromatic heterocycles. The van der Waals surface area contributed by atoms with Crippen molar-refractivity contribution >= 4 is 11.9 Å². The Balaban J connectivity index is 2.58. The molecule has 1 aliphatic rings. The topological polar surface area (TPSA) is 78.4 Å². The van der Waals surface area contributed by atoms with Gasteiger partial charge in [0, 0.05) is 0 Å². The zero-order valence-electron chi connectivity index (χ0n) is 9.33. The van der Waals surface area contributed by atoms with Crippen molar-refractivity contribution in [2.45, 2.75) is 38.3 Å². The normalized spacial score (nSPS) is 18.3. The van der Waals surface area contributed by atoms with Crippen LogP contribution in [0.1, 0.15) is 26.7 Å². The standard InChI is InChI=1S/C10H18N2O3/c1-10(2,11-3)9(15)12-7(8(13)14)6-4-5-6/h6-7,11H,4-5H2,1-3H3,(H,12,15)(H,13,14). The van der Waals surface area contributed by atoms with E-state index in [1.54, 1.807) is 20.9 Å². The fourth-order valence-electron chi connectivity index (χ4n) is 1.25. The number of rotatable bonds is 5. The first-order chi connectivity index (χ1) is 6.88. The third-order valence-electron chi connectivity index (χ3n) is 2.84. The minimum absolute atomic E-state index is 0.110. The molecule has 1 aliphatic carbocycles. The second kappa shape index (κ2) is 4.18. The molecule has 1 saturated carbocycles. The molecule has 1 amide bonds. The zero-order chi connectivity index (χ0) is 11.6.